The highest BCUT2D eigenvalue weighted by Crippen LogP contribution is 2.18. The van der Waals surface area contributed by atoms with Crippen LogP contribution in [0.2, 0.25) is 0 Å². The normalized spacial score (nSPS) is 34.7. The molecule has 0 aliphatic carbocycles. The first-order chi connectivity index (χ1) is 9.14. The van der Waals surface area contributed by atoms with Crippen LogP contribution in [0.15, 0.2) is 0 Å². The van der Waals surface area contributed by atoms with E-state index < -0.39 is 58.4 Å². The highest BCUT2D eigenvalue weighted by molar-refractivity contribution is 7.97. The summed E-state index contributed by atoms with van der Waals surface area (Å²) in [4.78, 5) is 0. The summed E-state index contributed by atoms with van der Waals surface area (Å²) in [5, 5.41) is 47.0. The van der Waals surface area contributed by atoms with E-state index in [4.69, 9.17) is 5.11 Å². The zero-order chi connectivity index (χ0) is 15.5. The van der Waals surface area contributed by atoms with Gasteiger partial charge in [0.05, 0.1) is 6.61 Å². The van der Waals surface area contributed by atoms with Crippen molar-refractivity contribution in [2.45, 2.75) is 30.5 Å². The van der Waals surface area contributed by atoms with Crippen molar-refractivity contribution in [1.82, 2.24) is 0 Å². The minimum Gasteiger partial charge on any atom is -0.726 e. The van der Waals surface area contributed by atoms with Crippen LogP contribution in [-0.4, -0.2) is 92.9 Å². The first-order valence-electron chi connectivity index (χ1n) is 5.75. The van der Waals surface area contributed by atoms with Crippen molar-refractivity contribution in [1.29, 1.82) is 0 Å². The van der Waals surface area contributed by atoms with E-state index in [9.17, 15) is 33.4 Å². The summed E-state index contributed by atoms with van der Waals surface area (Å²) in [6.07, 6.45) is -6.59. The number of hydrogen-bond acceptors (Lipinski definition) is 9. The third-order valence-electron chi connectivity index (χ3n) is 2.86. The highest BCUT2D eigenvalue weighted by atomic mass is 32.3. The monoisotopic (exact) mass is 334 g/mol. The average Bonchev–Trinajstić information content (AvgIpc) is 2.31. The van der Waals surface area contributed by atoms with Crippen LogP contribution in [0.1, 0.15) is 0 Å². The van der Waals surface area contributed by atoms with Gasteiger partial charge in [0.1, 0.15) is 47.8 Å². The van der Waals surface area contributed by atoms with Crippen LogP contribution in [0.5, 0.6) is 0 Å². The first kappa shape index (κ1) is 18.1. The summed E-state index contributed by atoms with van der Waals surface area (Å²) in [5.41, 5.74) is 0. The average molecular weight is 334 g/mol. The molecule has 1 rings (SSSR count). The van der Waals surface area contributed by atoms with Crippen molar-refractivity contribution in [3.63, 3.8) is 0 Å². The Kier molecular flexibility index (Phi) is 6.63. The van der Waals surface area contributed by atoms with Gasteiger partial charge in [-0.2, -0.15) is 0 Å². The fourth-order valence-electron chi connectivity index (χ4n) is 1.86. The second kappa shape index (κ2) is 7.33. The Balaban J connectivity index is 2.58. The second-order valence-electron chi connectivity index (χ2n) is 4.53. The molecule has 1 saturated heterocycles. The number of hydrogen-bond donors (Lipinski definition) is 5. The standard InChI is InChI=1S/C9H18O9S2/c10-1-8(18-20(15,16)17)5(11)2-19-3-6(12)9(14)7(13)4-19/h5-14H,1-4H2/t5-,6+,7+,8+,9?,19?/m0/s1. The Labute approximate surface area is 119 Å². The zero-order valence-electron chi connectivity index (χ0n) is 10.4. The minimum absolute atomic E-state index is 0.0679. The smallest absolute Gasteiger partial charge is 0.218 e. The van der Waals surface area contributed by atoms with Gasteiger partial charge in [0.2, 0.25) is 10.4 Å². The van der Waals surface area contributed by atoms with Crippen LogP contribution in [0.4, 0.5) is 0 Å². The largest absolute Gasteiger partial charge is 0.726 e. The lowest BCUT2D eigenvalue weighted by molar-refractivity contribution is -0.0456. The van der Waals surface area contributed by atoms with E-state index in [2.05, 4.69) is 4.18 Å². The molecule has 0 aromatic rings. The zero-order valence-corrected chi connectivity index (χ0v) is 12.0. The van der Waals surface area contributed by atoms with Gasteiger partial charge in [0, 0.05) is 0 Å². The topological polar surface area (TPSA) is 168 Å². The van der Waals surface area contributed by atoms with Gasteiger partial charge < -0.3 is 30.1 Å². The van der Waals surface area contributed by atoms with Gasteiger partial charge in [0.25, 0.3) is 0 Å². The molecule has 1 fully saturated rings. The summed E-state index contributed by atoms with van der Waals surface area (Å²) in [6.45, 7) is -0.867. The Morgan fingerprint density at radius 3 is 2.15 bits per heavy atom. The van der Waals surface area contributed by atoms with Crippen LogP contribution >= 0.6 is 0 Å². The molecule has 11 heteroatoms. The van der Waals surface area contributed by atoms with Crippen molar-refractivity contribution in [3.8, 4) is 0 Å². The van der Waals surface area contributed by atoms with Gasteiger partial charge in [-0.05, 0) is 10.9 Å². The molecule has 1 aliphatic heterocycles. The molecule has 0 aromatic carbocycles. The molecule has 0 spiro atoms. The van der Waals surface area contributed by atoms with Crippen LogP contribution in [0, 0.1) is 0 Å². The predicted octanol–water partition coefficient (Wildman–Crippen LogP) is -4.10. The lowest BCUT2D eigenvalue weighted by atomic mass is 10.1. The van der Waals surface area contributed by atoms with E-state index in [1.54, 1.807) is 0 Å². The van der Waals surface area contributed by atoms with E-state index in [0.29, 0.717) is 0 Å². The third kappa shape index (κ3) is 5.42. The van der Waals surface area contributed by atoms with Crippen LogP contribution in [0.3, 0.4) is 0 Å². The molecule has 5 N–H and O–H groups in total. The van der Waals surface area contributed by atoms with Crippen LogP contribution < -0.4 is 0 Å². The van der Waals surface area contributed by atoms with Crippen molar-refractivity contribution in [3.05, 3.63) is 0 Å². The van der Waals surface area contributed by atoms with Crippen molar-refractivity contribution < 1.29 is 42.7 Å². The molecule has 0 aromatic heterocycles. The number of aliphatic hydroxyl groups is 5. The van der Waals surface area contributed by atoms with E-state index in [0.717, 1.165) is 0 Å². The summed E-state index contributed by atoms with van der Waals surface area (Å²) in [7, 11) is -5.76. The van der Waals surface area contributed by atoms with Gasteiger partial charge in [-0.15, -0.1) is 0 Å². The van der Waals surface area contributed by atoms with E-state index in [-0.39, 0.29) is 17.3 Å². The molecule has 0 saturated carbocycles. The van der Waals surface area contributed by atoms with E-state index in [1.165, 1.54) is 0 Å². The fraction of sp³-hybridized carbons (Fsp3) is 1.00. The molecule has 0 amide bonds. The maximum atomic E-state index is 10.4. The maximum Gasteiger partial charge on any atom is 0.218 e. The van der Waals surface area contributed by atoms with Crippen molar-refractivity contribution in [2.24, 2.45) is 0 Å². The molecule has 1 heterocycles. The van der Waals surface area contributed by atoms with Crippen molar-refractivity contribution >= 4 is 21.3 Å². The Morgan fingerprint density at radius 1 is 1.25 bits per heavy atom. The van der Waals surface area contributed by atoms with Gasteiger partial charge in [-0.3, -0.25) is 4.18 Å². The summed E-state index contributed by atoms with van der Waals surface area (Å²) in [5.74, 6) is 0.177. The lowest BCUT2D eigenvalue weighted by Crippen LogP contribution is -2.53. The van der Waals surface area contributed by atoms with Gasteiger partial charge >= 0.3 is 0 Å². The molecule has 0 unspecified atom stereocenters. The van der Waals surface area contributed by atoms with Crippen molar-refractivity contribution in [2.75, 3.05) is 23.9 Å². The molecule has 1 aliphatic rings. The van der Waals surface area contributed by atoms with Crippen LogP contribution in [-0.2, 0) is 25.5 Å². The quantitative estimate of drug-likeness (QED) is 0.184. The fourth-order valence-corrected chi connectivity index (χ4v) is 4.82. The number of rotatable bonds is 6. The Bertz CT molecular complexity index is 388. The predicted molar refractivity (Wildman–Crippen MR) is 67.6 cm³/mol. The maximum absolute atomic E-state index is 10.4. The highest BCUT2D eigenvalue weighted by Gasteiger charge is 2.42. The Morgan fingerprint density at radius 2 is 1.75 bits per heavy atom. The minimum atomic E-state index is -5.06. The SMILES string of the molecule is O=S(=O)([O-])O[C@H](CO)[C@@H](O)C[S+]1C[C@@H](O)C(O)[C@H](O)C1. The van der Waals surface area contributed by atoms with E-state index in [1.807, 2.05) is 0 Å². The molecule has 120 valence electrons. The molecule has 0 bridgehead atoms. The van der Waals surface area contributed by atoms with Crippen LogP contribution in [0.25, 0.3) is 0 Å². The molecule has 9 nitrogen and oxygen atoms in total. The lowest BCUT2D eigenvalue weighted by Gasteiger charge is -2.30. The van der Waals surface area contributed by atoms with Gasteiger partial charge in [0.15, 0.2) is 0 Å². The molecular weight excluding hydrogens is 316 g/mol. The number of aliphatic hydroxyl groups excluding tert-OH is 5. The summed E-state index contributed by atoms with van der Waals surface area (Å²) < 4.78 is 35.3. The molecule has 4 atom stereocenters. The second-order valence-corrected chi connectivity index (χ2v) is 7.76. The molecular formula is C9H18O9S2. The third-order valence-corrected chi connectivity index (χ3v) is 5.78. The van der Waals surface area contributed by atoms with E-state index >= 15 is 0 Å². The molecule has 0 radical (unpaired) electrons. The first-order valence-corrected chi connectivity index (χ1v) is 8.82. The van der Waals surface area contributed by atoms with Gasteiger partial charge in [-0.25, -0.2) is 8.42 Å². The molecule has 20 heavy (non-hydrogen) atoms. The summed E-state index contributed by atoms with van der Waals surface area (Å²) in [6, 6.07) is 0. The summed E-state index contributed by atoms with van der Waals surface area (Å²) >= 11 is 0. The van der Waals surface area contributed by atoms with Gasteiger partial charge in [-0.1, -0.05) is 0 Å². The Hall–Kier alpha value is 0.0200.